The second kappa shape index (κ2) is 11.8. The molecular weight excluding hydrogens is 550 g/mol. The number of nitrogens with zero attached hydrogens (tertiary/aromatic N) is 1. The molecular formula is C29H29N3O6S2. The van der Waals surface area contributed by atoms with Crippen LogP contribution in [0.3, 0.4) is 0 Å². The Hall–Kier alpha value is -4.35. The van der Waals surface area contributed by atoms with Crippen molar-refractivity contribution in [3.05, 3.63) is 108 Å². The minimum atomic E-state index is -4.10. The zero-order valence-electron chi connectivity index (χ0n) is 22.2. The number of nitrogens with one attached hydrogen (secondary N) is 2. The number of carbonyl (C=O) groups excluding carboxylic acids is 1. The van der Waals surface area contributed by atoms with Crippen molar-refractivity contribution in [2.45, 2.75) is 23.6 Å². The van der Waals surface area contributed by atoms with E-state index < -0.39 is 32.5 Å². The van der Waals surface area contributed by atoms with E-state index in [0.717, 1.165) is 15.4 Å². The van der Waals surface area contributed by atoms with Crippen LogP contribution in [-0.2, 0) is 24.8 Å². The second-order valence-electron chi connectivity index (χ2n) is 9.02. The van der Waals surface area contributed by atoms with Gasteiger partial charge in [-0.1, -0.05) is 42.0 Å². The normalized spacial score (nSPS) is 11.5. The third-order valence-corrected chi connectivity index (χ3v) is 9.20. The van der Waals surface area contributed by atoms with Gasteiger partial charge in [0.2, 0.25) is 5.91 Å². The van der Waals surface area contributed by atoms with E-state index in [4.69, 9.17) is 4.74 Å². The molecule has 0 heterocycles. The second-order valence-corrected chi connectivity index (χ2v) is 12.6. The highest BCUT2D eigenvalue weighted by Crippen LogP contribution is 2.27. The van der Waals surface area contributed by atoms with Crippen LogP contribution in [-0.4, -0.2) is 36.4 Å². The SMILES string of the molecule is COc1cccc(N(CC(=O)Nc2ccc(S(=O)(=O)Nc3ccc(C)cc3C)cc2)S(=O)(=O)c2ccccc2)c1. The number of ether oxygens (including phenoxy) is 1. The van der Waals surface area contributed by atoms with Gasteiger partial charge in [-0.2, -0.15) is 0 Å². The van der Waals surface area contributed by atoms with Gasteiger partial charge in [-0.15, -0.1) is 0 Å². The maximum Gasteiger partial charge on any atom is 0.264 e. The fraction of sp³-hybridized carbons (Fsp3) is 0.138. The number of benzene rings is 4. The summed E-state index contributed by atoms with van der Waals surface area (Å²) in [6, 6.07) is 25.2. The van der Waals surface area contributed by atoms with Crippen molar-refractivity contribution in [2.75, 3.05) is 28.0 Å². The molecule has 1 amide bonds. The summed E-state index contributed by atoms with van der Waals surface area (Å²) in [5.41, 5.74) is 2.83. The number of methoxy groups -OCH3 is 1. The molecule has 0 spiro atoms. The molecule has 208 valence electrons. The van der Waals surface area contributed by atoms with E-state index in [-0.39, 0.29) is 15.5 Å². The summed E-state index contributed by atoms with van der Waals surface area (Å²) in [5.74, 6) is -0.191. The predicted octanol–water partition coefficient (Wildman–Crippen LogP) is 4.95. The van der Waals surface area contributed by atoms with Crippen molar-refractivity contribution in [3.63, 3.8) is 0 Å². The zero-order valence-corrected chi connectivity index (χ0v) is 23.8. The summed E-state index contributed by atoms with van der Waals surface area (Å²) >= 11 is 0. The van der Waals surface area contributed by atoms with Crippen molar-refractivity contribution in [3.8, 4) is 5.75 Å². The van der Waals surface area contributed by atoms with Gasteiger partial charge < -0.3 is 10.1 Å². The molecule has 4 aromatic carbocycles. The third kappa shape index (κ3) is 6.61. The number of carbonyl (C=O) groups is 1. The quantitative estimate of drug-likeness (QED) is 0.274. The summed E-state index contributed by atoms with van der Waals surface area (Å²) in [4.78, 5) is 13.1. The molecule has 2 N–H and O–H groups in total. The van der Waals surface area contributed by atoms with Crippen molar-refractivity contribution in [2.24, 2.45) is 0 Å². The van der Waals surface area contributed by atoms with Gasteiger partial charge in [-0.3, -0.25) is 13.8 Å². The Morgan fingerprint density at radius 1 is 0.800 bits per heavy atom. The molecule has 0 radical (unpaired) electrons. The number of anilines is 3. The Morgan fingerprint density at radius 2 is 1.50 bits per heavy atom. The van der Waals surface area contributed by atoms with Crippen LogP contribution in [0.5, 0.6) is 5.75 Å². The molecule has 0 saturated carbocycles. The van der Waals surface area contributed by atoms with Crippen molar-refractivity contribution < 1.29 is 26.4 Å². The van der Waals surface area contributed by atoms with Crippen LogP contribution in [0.25, 0.3) is 0 Å². The summed E-state index contributed by atoms with van der Waals surface area (Å²) in [6.45, 7) is 3.21. The molecule has 0 atom stereocenters. The first-order chi connectivity index (χ1) is 19.0. The van der Waals surface area contributed by atoms with Crippen LogP contribution < -0.4 is 19.1 Å². The van der Waals surface area contributed by atoms with E-state index in [1.165, 1.54) is 49.6 Å². The van der Waals surface area contributed by atoms with Gasteiger partial charge in [0.25, 0.3) is 20.0 Å². The molecule has 0 unspecified atom stereocenters. The molecule has 0 aliphatic carbocycles. The fourth-order valence-electron chi connectivity index (χ4n) is 3.98. The van der Waals surface area contributed by atoms with Gasteiger partial charge in [0.15, 0.2) is 0 Å². The molecule has 0 aliphatic heterocycles. The van der Waals surface area contributed by atoms with Crippen LogP contribution >= 0.6 is 0 Å². The molecule has 4 aromatic rings. The highest BCUT2D eigenvalue weighted by molar-refractivity contribution is 7.93. The van der Waals surface area contributed by atoms with Crippen LogP contribution in [0.4, 0.5) is 17.1 Å². The summed E-state index contributed by atoms with van der Waals surface area (Å²) < 4.78 is 61.6. The fourth-order valence-corrected chi connectivity index (χ4v) is 6.55. The predicted molar refractivity (Wildman–Crippen MR) is 156 cm³/mol. The van der Waals surface area contributed by atoms with Crippen molar-refractivity contribution in [1.29, 1.82) is 0 Å². The first kappa shape index (κ1) is 28.7. The maximum absolute atomic E-state index is 13.5. The standard InChI is InChI=1S/C29H29N3O6S2/c1-21-12-17-28(22(2)18-21)31-39(34,35)26-15-13-23(14-16-26)30-29(33)20-32(24-8-7-9-25(19-24)38-3)40(36,37)27-10-5-4-6-11-27/h4-19,31H,20H2,1-3H3,(H,30,33). The van der Waals surface area contributed by atoms with Gasteiger partial charge >= 0.3 is 0 Å². The van der Waals surface area contributed by atoms with Gasteiger partial charge in [-0.25, -0.2) is 16.8 Å². The summed E-state index contributed by atoms with van der Waals surface area (Å²) in [6.07, 6.45) is 0. The van der Waals surface area contributed by atoms with E-state index in [0.29, 0.717) is 17.1 Å². The maximum atomic E-state index is 13.5. The number of aryl methyl sites for hydroxylation is 2. The number of hydrogen-bond donors (Lipinski definition) is 2. The van der Waals surface area contributed by atoms with E-state index in [9.17, 15) is 21.6 Å². The first-order valence-electron chi connectivity index (χ1n) is 12.2. The monoisotopic (exact) mass is 579 g/mol. The average Bonchev–Trinajstić information content (AvgIpc) is 2.94. The average molecular weight is 580 g/mol. The van der Waals surface area contributed by atoms with Crippen LogP contribution in [0.2, 0.25) is 0 Å². The highest BCUT2D eigenvalue weighted by atomic mass is 32.2. The first-order valence-corrected chi connectivity index (χ1v) is 15.1. The van der Waals surface area contributed by atoms with Crippen LogP contribution in [0, 0.1) is 13.8 Å². The van der Waals surface area contributed by atoms with Gasteiger partial charge in [-0.05, 0) is 74.0 Å². The van der Waals surface area contributed by atoms with Crippen molar-refractivity contribution in [1.82, 2.24) is 0 Å². The minimum Gasteiger partial charge on any atom is -0.497 e. The largest absolute Gasteiger partial charge is 0.497 e. The smallest absolute Gasteiger partial charge is 0.264 e. The number of rotatable bonds is 10. The van der Waals surface area contributed by atoms with Gasteiger partial charge in [0.1, 0.15) is 12.3 Å². The molecule has 0 aliphatic rings. The number of amides is 1. The Balaban J connectivity index is 1.53. The van der Waals surface area contributed by atoms with E-state index in [1.54, 1.807) is 42.5 Å². The third-order valence-electron chi connectivity index (χ3n) is 6.03. The van der Waals surface area contributed by atoms with Gasteiger partial charge in [0.05, 0.1) is 28.3 Å². The van der Waals surface area contributed by atoms with Crippen LogP contribution in [0.1, 0.15) is 11.1 Å². The highest BCUT2D eigenvalue weighted by Gasteiger charge is 2.27. The Morgan fingerprint density at radius 3 is 2.15 bits per heavy atom. The Labute approximate surface area is 234 Å². The summed E-state index contributed by atoms with van der Waals surface area (Å²) in [7, 11) is -6.51. The molecule has 0 aromatic heterocycles. The molecule has 0 fully saturated rings. The Bertz CT molecular complexity index is 1720. The molecule has 4 rings (SSSR count). The van der Waals surface area contributed by atoms with Crippen molar-refractivity contribution >= 4 is 43.0 Å². The van der Waals surface area contributed by atoms with E-state index >= 15 is 0 Å². The lowest BCUT2D eigenvalue weighted by Crippen LogP contribution is -2.38. The van der Waals surface area contributed by atoms with E-state index in [2.05, 4.69) is 10.0 Å². The number of sulfonamides is 2. The lowest BCUT2D eigenvalue weighted by Gasteiger charge is -2.24. The minimum absolute atomic E-state index is 0.00939. The van der Waals surface area contributed by atoms with Gasteiger partial charge in [0, 0.05) is 11.8 Å². The topological polar surface area (TPSA) is 122 Å². The van der Waals surface area contributed by atoms with Crippen LogP contribution in [0.15, 0.2) is 107 Å². The Kier molecular flexibility index (Phi) is 8.46. The molecule has 0 bridgehead atoms. The molecule has 40 heavy (non-hydrogen) atoms. The van der Waals surface area contributed by atoms with E-state index in [1.807, 2.05) is 26.0 Å². The lowest BCUT2D eigenvalue weighted by molar-refractivity contribution is -0.114. The number of hydrogen-bond acceptors (Lipinski definition) is 6. The lowest BCUT2D eigenvalue weighted by atomic mass is 10.1. The molecule has 9 nitrogen and oxygen atoms in total. The zero-order chi connectivity index (χ0) is 28.9. The summed E-state index contributed by atoms with van der Waals surface area (Å²) in [5, 5.41) is 2.65. The molecule has 0 saturated heterocycles. The molecule has 11 heteroatoms.